The number of aromatic nitrogens is 2. The molecule has 1 atom stereocenters. The van der Waals surface area contributed by atoms with Crippen LogP contribution in [0.5, 0.6) is 0 Å². The van der Waals surface area contributed by atoms with Gasteiger partial charge in [0.2, 0.25) is 0 Å². The van der Waals surface area contributed by atoms with Crippen LogP contribution < -0.4 is 5.32 Å². The molecule has 0 aromatic carbocycles. The Balaban J connectivity index is 1.88. The molecule has 1 aromatic heterocycles. The van der Waals surface area contributed by atoms with Crippen LogP contribution in [0.25, 0.3) is 0 Å². The molecule has 0 saturated heterocycles. The zero-order valence-corrected chi connectivity index (χ0v) is 14.1. The summed E-state index contributed by atoms with van der Waals surface area (Å²) in [5.41, 5.74) is 1.28. The molecular formula is C18H33N3. The topological polar surface area (TPSA) is 29.9 Å². The maximum Gasteiger partial charge on any atom is 0.0627 e. The molecule has 2 rings (SSSR count). The molecule has 0 bridgehead atoms. The van der Waals surface area contributed by atoms with Crippen molar-refractivity contribution in [3.63, 3.8) is 0 Å². The molecule has 120 valence electrons. The largest absolute Gasteiger partial charge is 0.316 e. The predicted octanol–water partition coefficient (Wildman–Crippen LogP) is 4.20. The SMILES string of the molecule is CCCNCC(Cc1ccn(C2CCCC2)n1)CC(C)C. The molecule has 3 nitrogen and oxygen atoms in total. The van der Waals surface area contributed by atoms with E-state index in [1.165, 1.54) is 44.2 Å². The van der Waals surface area contributed by atoms with Crippen LogP contribution >= 0.6 is 0 Å². The molecule has 1 N–H and O–H groups in total. The van der Waals surface area contributed by atoms with Crippen LogP contribution in [-0.2, 0) is 6.42 Å². The summed E-state index contributed by atoms with van der Waals surface area (Å²) in [6, 6.07) is 2.91. The first kappa shape index (κ1) is 16.5. The van der Waals surface area contributed by atoms with Crippen LogP contribution in [-0.4, -0.2) is 22.9 Å². The Morgan fingerprint density at radius 1 is 1.33 bits per heavy atom. The van der Waals surface area contributed by atoms with Gasteiger partial charge in [0.05, 0.1) is 11.7 Å². The number of rotatable bonds is 9. The lowest BCUT2D eigenvalue weighted by Gasteiger charge is -2.18. The molecule has 0 amide bonds. The minimum absolute atomic E-state index is 0.667. The molecule has 0 aliphatic heterocycles. The summed E-state index contributed by atoms with van der Waals surface area (Å²) in [5.74, 6) is 1.47. The van der Waals surface area contributed by atoms with Gasteiger partial charge in [0, 0.05) is 6.20 Å². The van der Waals surface area contributed by atoms with Gasteiger partial charge >= 0.3 is 0 Å². The highest BCUT2D eigenvalue weighted by Gasteiger charge is 2.19. The average Bonchev–Trinajstić information content (AvgIpc) is 3.08. The van der Waals surface area contributed by atoms with Crippen molar-refractivity contribution in [3.8, 4) is 0 Å². The highest BCUT2D eigenvalue weighted by Crippen LogP contribution is 2.29. The number of nitrogens with one attached hydrogen (secondary N) is 1. The number of hydrogen-bond acceptors (Lipinski definition) is 2. The summed E-state index contributed by atoms with van der Waals surface area (Å²) in [6.45, 7) is 9.13. The fraction of sp³-hybridized carbons (Fsp3) is 0.833. The van der Waals surface area contributed by atoms with Crippen molar-refractivity contribution in [2.24, 2.45) is 11.8 Å². The summed E-state index contributed by atoms with van der Waals surface area (Å²) >= 11 is 0. The standard InChI is InChI=1S/C18H33N3/c1-4-10-19-14-16(12-15(2)3)13-17-9-11-21(20-17)18-7-5-6-8-18/h9,11,15-16,18-19H,4-8,10,12-14H2,1-3H3. The van der Waals surface area contributed by atoms with Crippen molar-refractivity contribution in [1.82, 2.24) is 15.1 Å². The first-order chi connectivity index (χ1) is 10.2. The Labute approximate surface area is 130 Å². The Hall–Kier alpha value is -0.830. The molecule has 0 radical (unpaired) electrons. The summed E-state index contributed by atoms with van der Waals surface area (Å²) < 4.78 is 2.23. The maximum atomic E-state index is 4.86. The molecule has 3 heteroatoms. The highest BCUT2D eigenvalue weighted by molar-refractivity contribution is 5.02. The summed E-state index contributed by atoms with van der Waals surface area (Å²) in [6.07, 6.45) is 11.2. The van der Waals surface area contributed by atoms with Crippen molar-refractivity contribution >= 4 is 0 Å². The fourth-order valence-electron chi connectivity index (χ4n) is 3.54. The quantitative estimate of drug-likeness (QED) is 0.691. The summed E-state index contributed by atoms with van der Waals surface area (Å²) in [5, 5.41) is 8.44. The molecular weight excluding hydrogens is 258 g/mol. The van der Waals surface area contributed by atoms with E-state index in [-0.39, 0.29) is 0 Å². The minimum atomic E-state index is 0.667. The van der Waals surface area contributed by atoms with Crippen LogP contribution in [0.3, 0.4) is 0 Å². The van der Waals surface area contributed by atoms with Gasteiger partial charge in [-0.1, -0.05) is 33.6 Å². The van der Waals surface area contributed by atoms with Crippen molar-refractivity contribution in [2.45, 2.75) is 71.8 Å². The van der Waals surface area contributed by atoms with Crippen LogP contribution in [0.1, 0.15) is 71.0 Å². The Bertz CT molecular complexity index is 391. The molecule has 1 heterocycles. The van der Waals surface area contributed by atoms with E-state index >= 15 is 0 Å². The van der Waals surface area contributed by atoms with Gasteiger partial charge in [-0.3, -0.25) is 4.68 Å². The first-order valence-corrected chi connectivity index (χ1v) is 8.93. The van der Waals surface area contributed by atoms with Gasteiger partial charge in [-0.05, 0) is 63.1 Å². The Morgan fingerprint density at radius 3 is 2.76 bits per heavy atom. The van der Waals surface area contributed by atoms with Gasteiger partial charge in [-0.25, -0.2) is 0 Å². The van der Waals surface area contributed by atoms with E-state index < -0.39 is 0 Å². The molecule has 21 heavy (non-hydrogen) atoms. The lowest BCUT2D eigenvalue weighted by Crippen LogP contribution is -2.26. The molecule has 1 saturated carbocycles. The van der Waals surface area contributed by atoms with Gasteiger partial charge in [0.25, 0.3) is 0 Å². The monoisotopic (exact) mass is 291 g/mol. The molecule has 1 fully saturated rings. The van der Waals surface area contributed by atoms with Crippen LogP contribution in [0, 0.1) is 11.8 Å². The smallest absolute Gasteiger partial charge is 0.0627 e. The zero-order valence-electron chi connectivity index (χ0n) is 14.1. The van der Waals surface area contributed by atoms with Crippen LogP contribution in [0.2, 0.25) is 0 Å². The number of hydrogen-bond donors (Lipinski definition) is 1. The molecule has 1 aromatic rings. The van der Waals surface area contributed by atoms with Crippen LogP contribution in [0.15, 0.2) is 12.3 Å². The van der Waals surface area contributed by atoms with E-state index in [4.69, 9.17) is 5.10 Å². The van der Waals surface area contributed by atoms with Gasteiger partial charge in [-0.15, -0.1) is 0 Å². The number of nitrogens with zero attached hydrogens (tertiary/aromatic N) is 2. The second-order valence-corrected chi connectivity index (χ2v) is 7.13. The maximum absolute atomic E-state index is 4.86. The minimum Gasteiger partial charge on any atom is -0.316 e. The van der Waals surface area contributed by atoms with Gasteiger partial charge in [-0.2, -0.15) is 5.10 Å². The van der Waals surface area contributed by atoms with Gasteiger partial charge < -0.3 is 5.32 Å². The third-order valence-corrected chi connectivity index (χ3v) is 4.52. The summed E-state index contributed by atoms with van der Waals surface area (Å²) in [4.78, 5) is 0. The molecule has 0 spiro atoms. The highest BCUT2D eigenvalue weighted by atomic mass is 15.3. The zero-order chi connectivity index (χ0) is 15.1. The lowest BCUT2D eigenvalue weighted by molar-refractivity contribution is 0.379. The Morgan fingerprint density at radius 2 is 2.10 bits per heavy atom. The fourth-order valence-corrected chi connectivity index (χ4v) is 3.54. The second kappa shape index (κ2) is 8.57. The van der Waals surface area contributed by atoms with Crippen LogP contribution in [0.4, 0.5) is 0 Å². The van der Waals surface area contributed by atoms with Gasteiger partial charge in [0.1, 0.15) is 0 Å². The van der Waals surface area contributed by atoms with Gasteiger partial charge in [0.15, 0.2) is 0 Å². The van der Waals surface area contributed by atoms with E-state index in [1.807, 2.05) is 0 Å². The molecule has 1 aliphatic rings. The predicted molar refractivity (Wildman–Crippen MR) is 89.5 cm³/mol. The third kappa shape index (κ3) is 5.46. The van der Waals surface area contributed by atoms with E-state index in [0.717, 1.165) is 25.4 Å². The Kier molecular flexibility index (Phi) is 6.75. The van der Waals surface area contributed by atoms with Crippen molar-refractivity contribution in [3.05, 3.63) is 18.0 Å². The lowest BCUT2D eigenvalue weighted by atomic mass is 9.93. The molecule has 1 unspecified atom stereocenters. The normalized spacial score (nSPS) is 17.7. The van der Waals surface area contributed by atoms with E-state index in [2.05, 4.69) is 43.0 Å². The van der Waals surface area contributed by atoms with E-state index in [0.29, 0.717) is 12.0 Å². The van der Waals surface area contributed by atoms with E-state index in [9.17, 15) is 0 Å². The summed E-state index contributed by atoms with van der Waals surface area (Å²) in [7, 11) is 0. The van der Waals surface area contributed by atoms with Crippen molar-refractivity contribution < 1.29 is 0 Å². The first-order valence-electron chi connectivity index (χ1n) is 8.93. The third-order valence-electron chi connectivity index (χ3n) is 4.52. The molecule has 1 aliphatic carbocycles. The van der Waals surface area contributed by atoms with Crippen molar-refractivity contribution in [1.29, 1.82) is 0 Å². The average molecular weight is 291 g/mol. The van der Waals surface area contributed by atoms with Crippen molar-refractivity contribution in [2.75, 3.05) is 13.1 Å². The van der Waals surface area contributed by atoms with E-state index in [1.54, 1.807) is 0 Å². The second-order valence-electron chi connectivity index (χ2n) is 7.13.